The predicted molar refractivity (Wildman–Crippen MR) is 175 cm³/mol. The quantitative estimate of drug-likeness (QED) is 0.116. The summed E-state index contributed by atoms with van der Waals surface area (Å²) in [5, 5.41) is 0. The number of halogens is 5. The van der Waals surface area contributed by atoms with E-state index in [0.717, 1.165) is 22.2 Å². The number of H-pyrrole nitrogens is 2. The molecule has 0 spiro atoms. The van der Waals surface area contributed by atoms with Gasteiger partial charge in [-0.2, -0.15) is 0 Å². The van der Waals surface area contributed by atoms with Crippen LogP contribution in [0.5, 0.6) is 0 Å². The van der Waals surface area contributed by atoms with Crippen LogP contribution < -0.4 is 0 Å². The van der Waals surface area contributed by atoms with E-state index in [9.17, 15) is 13.2 Å². The van der Waals surface area contributed by atoms with Gasteiger partial charge in [-0.3, -0.25) is 0 Å². The van der Waals surface area contributed by atoms with Gasteiger partial charge in [-0.1, -0.05) is 60.7 Å². The van der Waals surface area contributed by atoms with Crippen LogP contribution in [0.15, 0.2) is 91.0 Å². The van der Waals surface area contributed by atoms with Gasteiger partial charge >= 0.3 is 0 Å². The van der Waals surface area contributed by atoms with Gasteiger partial charge in [0.2, 0.25) is 5.82 Å². The molecular formula is C38H21F5N4. The minimum atomic E-state index is -2.23. The number of nitrogens with zero attached hydrogens (tertiary/aromatic N) is 2. The van der Waals surface area contributed by atoms with Crippen LogP contribution in [-0.2, 0) is 0 Å². The van der Waals surface area contributed by atoms with E-state index in [2.05, 4.69) is 9.97 Å². The van der Waals surface area contributed by atoms with Crippen LogP contribution in [0.1, 0.15) is 22.8 Å². The summed E-state index contributed by atoms with van der Waals surface area (Å²) in [5.41, 5.74) is 5.70. The first kappa shape index (κ1) is 28.4. The largest absolute Gasteiger partial charge is 0.355 e. The summed E-state index contributed by atoms with van der Waals surface area (Å²) >= 11 is 0. The van der Waals surface area contributed by atoms with Gasteiger partial charge in [-0.15, -0.1) is 0 Å². The molecule has 3 aromatic heterocycles. The summed E-state index contributed by atoms with van der Waals surface area (Å²) in [6, 6.07) is 28.0. The van der Waals surface area contributed by atoms with Crippen molar-refractivity contribution in [3.8, 4) is 33.4 Å². The van der Waals surface area contributed by atoms with Gasteiger partial charge in [0, 0.05) is 38.8 Å². The molecule has 3 aromatic carbocycles. The van der Waals surface area contributed by atoms with Crippen molar-refractivity contribution in [2.24, 2.45) is 0 Å². The molecule has 2 aliphatic heterocycles. The summed E-state index contributed by atoms with van der Waals surface area (Å²) in [4.78, 5) is 16.2. The lowest BCUT2D eigenvalue weighted by atomic mass is 10.0. The van der Waals surface area contributed by atoms with Crippen molar-refractivity contribution in [3.63, 3.8) is 0 Å². The zero-order chi connectivity index (χ0) is 32.2. The van der Waals surface area contributed by atoms with Crippen LogP contribution in [0.25, 0.3) is 79.8 Å². The molecule has 47 heavy (non-hydrogen) atoms. The molecule has 0 atom stereocenters. The van der Waals surface area contributed by atoms with Gasteiger partial charge in [0.05, 0.1) is 28.3 Å². The van der Waals surface area contributed by atoms with Gasteiger partial charge in [-0.25, -0.2) is 31.9 Å². The molecule has 8 rings (SSSR count). The molecule has 9 heteroatoms. The Kier molecular flexibility index (Phi) is 6.68. The van der Waals surface area contributed by atoms with Gasteiger partial charge in [-0.05, 0) is 65.8 Å². The highest BCUT2D eigenvalue weighted by molar-refractivity contribution is 5.97. The molecule has 6 aromatic rings. The lowest BCUT2D eigenvalue weighted by Crippen LogP contribution is -2.05. The lowest BCUT2D eigenvalue weighted by Gasteiger charge is -2.10. The van der Waals surface area contributed by atoms with Gasteiger partial charge in [0.1, 0.15) is 0 Å². The van der Waals surface area contributed by atoms with Gasteiger partial charge < -0.3 is 9.97 Å². The molecule has 228 valence electrons. The average molecular weight is 629 g/mol. The Morgan fingerprint density at radius 2 is 0.872 bits per heavy atom. The summed E-state index contributed by atoms with van der Waals surface area (Å²) in [5.74, 6) is -10.2. The standard InChI is InChI=1S/C38H21F5N4/c39-34-33(35(40)37(42)38(43)36(34)41)32-28-14-12-23(45-28)19-22-11-13-24(44-22)30(20-7-3-1-4-8-20)25-15-16-26(46-25)31(21-9-5-2-6-10-21)27-17-18-29(32)47-27/h1-19,45-46H. The van der Waals surface area contributed by atoms with E-state index >= 15 is 8.78 Å². The Balaban J connectivity index is 1.56. The second-order valence-electron chi connectivity index (χ2n) is 11.0. The Morgan fingerprint density at radius 1 is 0.404 bits per heavy atom. The van der Waals surface area contributed by atoms with Crippen LogP contribution in [0.3, 0.4) is 0 Å². The van der Waals surface area contributed by atoms with Crippen molar-refractivity contribution >= 4 is 46.4 Å². The third-order valence-electron chi connectivity index (χ3n) is 8.16. The van der Waals surface area contributed by atoms with Crippen molar-refractivity contribution < 1.29 is 22.0 Å². The Hall–Kier alpha value is -6.09. The molecule has 0 saturated heterocycles. The second-order valence-corrected chi connectivity index (χ2v) is 11.0. The third-order valence-corrected chi connectivity index (χ3v) is 8.16. The Morgan fingerprint density at radius 3 is 1.47 bits per heavy atom. The van der Waals surface area contributed by atoms with Crippen molar-refractivity contribution in [3.05, 3.63) is 143 Å². The fourth-order valence-electron chi connectivity index (χ4n) is 6.04. The highest BCUT2D eigenvalue weighted by Crippen LogP contribution is 2.39. The van der Waals surface area contributed by atoms with E-state index in [4.69, 9.17) is 9.97 Å². The zero-order valence-corrected chi connectivity index (χ0v) is 24.3. The third kappa shape index (κ3) is 4.75. The number of hydrogen-bond acceptors (Lipinski definition) is 2. The number of hydrogen-bond donors (Lipinski definition) is 2. The van der Waals surface area contributed by atoms with Crippen LogP contribution in [0, 0.1) is 29.1 Å². The molecule has 2 N–H and O–H groups in total. The fourth-order valence-corrected chi connectivity index (χ4v) is 6.04. The molecule has 0 aliphatic carbocycles. The summed E-state index contributed by atoms with van der Waals surface area (Å²) in [6.45, 7) is 0. The molecule has 0 fully saturated rings. The zero-order valence-electron chi connectivity index (χ0n) is 24.3. The molecule has 2 aliphatic rings. The van der Waals surface area contributed by atoms with Crippen molar-refractivity contribution in [2.75, 3.05) is 0 Å². The highest BCUT2D eigenvalue weighted by Gasteiger charge is 2.29. The molecule has 5 heterocycles. The van der Waals surface area contributed by atoms with E-state index in [1.54, 1.807) is 18.2 Å². The van der Waals surface area contributed by atoms with E-state index in [1.165, 1.54) is 12.1 Å². The summed E-state index contributed by atoms with van der Waals surface area (Å²) in [6.07, 6.45) is 6.89. The van der Waals surface area contributed by atoms with Crippen molar-refractivity contribution in [1.29, 1.82) is 0 Å². The number of nitrogens with one attached hydrogen (secondary N) is 2. The van der Waals surface area contributed by atoms with Crippen molar-refractivity contribution in [1.82, 2.24) is 19.9 Å². The van der Waals surface area contributed by atoms with Crippen LogP contribution in [0.2, 0.25) is 0 Å². The number of aromatic nitrogens is 4. The molecular weight excluding hydrogens is 607 g/mol. The molecule has 0 unspecified atom stereocenters. The average Bonchev–Trinajstić information content (AvgIpc) is 3.92. The molecule has 0 saturated carbocycles. The van der Waals surface area contributed by atoms with E-state index < -0.39 is 34.6 Å². The monoisotopic (exact) mass is 628 g/mol. The first-order valence-corrected chi connectivity index (χ1v) is 14.6. The van der Waals surface area contributed by atoms with E-state index in [0.29, 0.717) is 33.7 Å². The molecule has 0 amide bonds. The summed E-state index contributed by atoms with van der Waals surface area (Å²) < 4.78 is 74.1. The van der Waals surface area contributed by atoms with Crippen LogP contribution in [-0.4, -0.2) is 19.9 Å². The Labute approximate surface area is 264 Å². The molecule has 8 bridgehead atoms. The SMILES string of the molecule is Fc1c(F)c(F)c(-c2c3nc(c(-c4ccccc4)c4ccc([nH]4)c(-c4ccccc4)c4nc(cc5ccc2[nH]5)C=C4)C=C3)c(F)c1F. The van der Waals surface area contributed by atoms with Crippen molar-refractivity contribution in [2.45, 2.75) is 0 Å². The Bertz CT molecular complexity index is 2430. The number of rotatable bonds is 3. The first-order valence-electron chi connectivity index (χ1n) is 14.6. The van der Waals surface area contributed by atoms with Gasteiger partial charge in [0.25, 0.3) is 0 Å². The number of benzene rings is 3. The molecule has 4 nitrogen and oxygen atoms in total. The predicted octanol–water partition coefficient (Wildman–Crippen LogP) is 10.4. The topological polar surface area (TPSA) is 57.4 Å². The normalized spacial score (nSPS) is 12.2. The number of aromatic amines is 2. The van der Waals surface area contributed by atoms with E-state index in [-0.39, 0.29) is 16.8 Å². The maximum absolute atomic E-state index is 15.4. The summed E-state index contributed by atoms with van der Waals surface area (Å²) in [7, 11) is 0. The van der Waals surface area contributed by atoms with Gasteiger partial charge in [0.15, 0.2) is 23.3 Å². The van der Waals surface area contributed by atoms with Crippen LogP contribution in [0.4, 0.5) is 22.0 Å². The maximum Gasteiger partial charge on any atom is 0.200 e. The smallest absolute Gasteiger partial charge is 0.200 e. The second kappa shape index (κ2) is 11.1. The number of fused-ring (bicyclic) bond motifs is 8. The highest BCUT2D eigenvalue weighted by atomic mass is 19.2. The lowest BCUT2D eigenvalue weighted by molar-refractivity contribution is 0.381. The fraction of sp³-hybridized carbons (Fsp3) is 0. The molecule has 0 radical (unpaired) electrons. The van der Waals surface area contributed by atoms with E-state index in [1.807, 2.05) is 84.9 Å². The minimum absolute atomic E-state index is 0.00849. The maximum atomic E-state index is 15.4. The van der Waals surface area contributed by atoms with Crippen LogP contribution >= 0.6 is 0 Å². The first-order chi connectivity index (χ1) is 22.9. The minimum Gasteiger partial charge on any atom is -0.355 e.